The van der Waals surface area contributed by atoms with Crippen LogP contribution in [0.3, 0.4) is 0 Å². The van der Waals surface area contributed by atoms with Crippen LogP contribution in [0.5, 0.6) is 0 Å². The van der Waals surface area contributed by atoms with Gasteiger partial charge >= 0.3 is 6.09 Å². The van der Waals surface area contributed by atoms with Crippen molar-refractivity contribution in [1.29, 1.82) is 0 Å². The van der Waals surface area contributed by atoms with E-state index in [1.54, 1.807) is 6.20 Å². The first-order valence-corrected chi connectivity index (χ1v) is 5.37. The standard InChI is InChI=1S/C12H15N3O2/c1-12(2,17-11(13)16)6-8-3-4-10-9(5-8)7-14-15-10/h3-5,7H,6H2,1-2H3,(H2,13,16)(H,14,15). The summed E-state index contributed by atoms with van der Waals surface area (Å²) in [7, 11) is 0. The van der Waals surface area contributed by atoms with Crippen LogP contribution in [0.15, 0.2) is 24.4 Å². The molecule has 0 unspecified atom stereocenters. The highest BCUT2D eigenvalue weighted by Gasteiger charge is 2.22. The van der Waals surface area contributed by atoms with E-state index in [0.29, 0.717) is 6.42 Å². The number of H-pyrrole nitrogens is 1. The molecule has 1 aromatic carbocycles. The molecule has 0 aliphatic carbocycles. The molecule has 0 spiro atoms. The van der Waals surface area contributed by atoms with Crippen LogP contribution in [0.1, 0.15) is 19.4 Å². The van der Waals surface area contributed by atoms with Gasteiger partial charge in [-0.25, -0.2) is 4.79 Å². The van der Waals surface area contributed by atoms with Crippen LogP contribution < -0.4 is 5.73 Å². The Labute approximate surface area is 98.9 Å². The van der Waals surface area contributed by atoms with Crippen molar-refractivity contribution < 1.29 is 9.53 Å². The number of nitrogens with zero attached hydrogens (tertiary/aromatic N) is 1. The number of hydrogen-bond donors (Lipinski definition) is 2. The van der Waals surface area contributed by atoms with Gasteiger partial charge in [-0.05, 0) is 31.5 Å². The fraction of sp³-hybridized carbons (Fsp3) is 0.333. The molecule has 2 aromatic rings. The highest BCUT2D eigenvalue weighted by molar-refractivity contribution is 5.78. The summed E-state index contributed by atoms with van der Waals surface area (Å²) < 4.78 is 5.05. The second kappa shape index (κ2) is 4.08. The van der Waals surface area contributed by atoms with Crippen LogP contribution in [-0.2, 0) is 11.2 Å². The lowest BCUT2D eigenvalue weighted by molar-refractivity contribution is 0.0461. The summed E-state index contributed by atoms with van der Waals surface area (Å²) in [5, 5.41) is 7.88. The Morgan fingerprint density at radius 1 is 1.53 bits per heavy atom. The number of nitrogens with two attached hydrogens (primary N) is 1. The van der Waals surface area contributed by atoms with Crippen molar-refractivity contribution in [3.05, 3.63) is 30.0 Å². The molecule has 1 amide bonds. The number of carbonyl (C=O) groups excluding carboxylic acids is 1. The summed E-state index contributed by atoms with van der Waals surface area (Å²) in [5.41, 5.74) is 6.48. The summed E-state index contributed by atoms with van der Waals surface area (Å²) in [6.07, 6.45) is 1.62. The number of aromatic nitrogens is 2. The van der Waals surface area contributed by atoms with Crippen LogP contribution in [0.2, 0.25) is 0 Å². The van der Waals surface area contributed by atoms with E-state index in [1.165, 1.54) is 0 Å². The molecule has 0 atom stereocenters. The molecule has 17 heavy (non-hydrogen) atoms. The minimum Gasteiger partial charge on any atom is -0.443 e. The van der Waals surface area contributed by atoms with Crippen molar-refractivity contribution >= 4 is 17.0 Å². The molecule has 0 radical (unpaired) electrons. The molecular formula is C12H15N3O2. The van der Waals surface area contributed by atoms with Gasteiger partial charge in [0.05, 0.1) is 11.7 Å². The molecule has 2 rings (SSSR count). The van der Waals surface area contributed by atoms with Gasteiger partial charge in [-0.2, -0.15) is 5.10 Å². The Kier molecular flexibility index (Phi) is 2.75. The maximum atomic E-state index is 10.8. The molecule has 0 fully saturated rings. The van der Waals surface area contributed by atoms with E-state index in [9.17, 15) is 4.79 Å². The Hall–Kier alpha value is -2.04. The normalized spacial score (nSPS) is 11.6. The van der Waals surface area contributed by atoms with Crippen molar-refractivity contribution in [2.75, 3.05) is 0 Å². The van der Waals surface area contributed by atoms with Gasteiger partial charge in [0, 0.05) is 11.8 Å². The Morgan fingerprint density at radius 2 is 2.29 bits per heavy atom. The van der Waals surface area contributed by atoms with Crippen molar-refractivity contribution in [3.8, 4) is 0 Å². The van der Waals surface area contributed by atoms with Crippen molar-refractivity contribution in [1.82, 2.24) is 10.2 Å². The van der Waals surface area contributed by atoms with Crippen LogP contribution in [0.25, 0.3) is 10.9 Å². The monoisotopic (exact) mass is 233 g/mol. The molecule has 0 aliphatic heterocycles. The third-order valence-corrected chi connectivity index (χ3v) is 2.51. The number of primary amides is 1. The number of fused-ring (bicyclic) bond motifs is 1. The van der Waals surface area contributed by atoms with E-state index in [4.69, 9.17) is 10.5 Å². The highest BCUT2D eigenvalue weighted by atomic mass is 16.6. The van der Waals surface area contributed by atoms with Crippen molar-refractivity contribution in [2.24, 2.45) is 5.73 Å². The molecular weight excluding hydrogens is 218 g/mol. The number of rotatable bonds is 3. The number of nitrogens with one attached hydrogen (secondary N) is 1. The quantitative estimate of drug-likeness (QED) is 0.850. The summed E-state index contributed by atoms with van der Waals surface area (Å²) in [5.74, 6) is 0. The molecule has 5 nitrogen and oxygen atoms in total. The fourth-order valence-electron chi connectivity index (χ4n) is 1.90. The van der Waals surface area contributed by atoms with Gasteiger partial charge < -0.3 is 10.5 Å². The molecule has 90 valence electrons. The van der Waals surface area contributed by atoms with Crippen molar-refractivity contribution in [2.45, 2.75) is 25.9 Å². The van der Waals surface area contributed by atoms with Gasteiger partial charge in [0.25, 0.3) is 0 Å². The third-order valence-electron chi connectivity index (χ3n) is 2.51. The Balaban J connectivity index is 2.19. The number of hydrogen-bond acceptors (Lipinski definition) is 3. The van der Waals surface area contributed by atoms with E-state index >= 15 is 0 Å². The lowest BCUT2D eigenvalue weighted by atomic mass is 9.97. The molecule has 5 heteroatoms. The number of ether oxygens (including phenoxy) is 1. The zero-order valence-electron chi connectivity index (χ0n) is 9.86. The molecule has 0 saturated carbocycles. The lowest BCUT2D eigenvalue weighted by Crippen LogP contribution is -2.33. The van der Waals surface area contributed by atoms with Crippen LogP contribution in [0.4, 0.5) is 4.79 Å². The molecule has 1 heterocycles. The molecule has 0 saturated heterocycles. The lowest BCUT2D eigenvalue weighted by Gasteiger charge is -2.23. The number of carbonyl (C=O) groups is 1. The minimum absolute atomic E-state index is 0.608. The minimum atomic E-state index is -0.751. The average Bonchev–Trinajstić information content (AvgIpc) is 2.61. The molecule has 0 bridgehead atoms. The smallest absolute Gasteiger partial charge is 0.405 e. The topological polar surface area (TPSA) is 81.0 Å². The van der Waals surface area contributed by atoms with Crippen LogP contribution in [0, 0.1) is 0 Å². The van der Waals surface area contributed by atoms with Crippen LogP contribution >= 0.6 is 0 Å². The molecule has 1 aromatic heterocycles. The van der Waals surface area contributed by atoms with Gasteiger partial charge in [0.15, 0.2) is 0 Å². The second-order valence-electron chi connectivity index (χ2n) is 4.65. The van der Waals surface area contributed by atoms with Gasteiger partial charge in [0.1, 0.15) is 5.60 Å². The molecule has 0 aliphatic rings. The van der Waals surface area contributed by atoms with E-state index in [2.05, 4.69) is 10.2 Å². The zero-order valence-corrected chi connectivity index (χ0v) is 9.86. The van der Waals surface area contributed by atoms with E-state index in [-0.39, 0.29) is 0 Å². The maximum absolute atomic E-state index is 10.8. The predicted octanol–water partition coefficient (Wildman–Crippen LogP) is 1.98. The largest absolute Gasteiger partial charge is 0.443 e. The zero-order chi connectivity index (χ0) is 12.5. The molecule has 3 N–H and O–H groups in total. The highest BCUT2D eigenvalue weighted by Crippen LogP contribution is 2.20. The number of amides is 1. The van der Waals surface area contributed by atoms with E-state index in [0.717, 1.165) is 16.5 Å². The SMILES string of the molecule is CC(C)(Cc1ccc2[nH]ncc2c1)OC(N)=O. The third kappa shape index (κ3) is 2.75. The fourth-order valence-corrected chi connectivity index (χ4v) is 1.90. The van der Waals surface area contributed by atoms with Crippen molar-refractivity contribution in [3.63, 3.8) is 0 Å². The van der Waals surface area contributed by atoms with E-state index < -0.39 is 11.7 Å². The van der Waals surface area contributed by atoms with Gasteiger partial charge in [-0.3, -0.25) is 5.10 Å². The number of aromatic amines is 1. The Bertz CT molecular complexity index is 545. The van der Waals surface area contributed by atoms with E-state index in [1.807, 2.05) is 32.0 Å². The van der Waals surface area contributed by atoms with Crippen LogP contribution in [-0.4, -0.2) is 21.9 Å². The first kappa shape index (κ1) is 11.4. The first-order chi connectivity index (χ1) is 7.96. The number of benzene rings is 1. The summed E-state index contributed by atoms with van der Waals surface area (Å²) in [6.45, 7) is 3.66. The summed E-state index contributed by atoms with van der Waals surface area (Å²) in [4.78, 5) is 10.8. The second-order valence-corrected chi connectivity index (χ2v) is 4.65. The first-order valence-electron chi connectivity index (χ1n) is 5.37. The van der Waals surface area contributed by atoms with Gasteiger partial charge in [-0.1, -0.05) is 6.07 Å². The maximum Gasteiger partial charge on any atom is 0.405 e. The summed E-state index contributed by atoms with van der Waals surface area (Å²) in [6, 6.07) is 5.95. The average molecular weight is 233 g/mol. The summed E-state index contributed by atoms with van der Waals surface area (Å²) >= 11 is 0. The van der Waals surface area contributed by atoms with Gasteiger partial charge in [0.2, 0.25) is 0 Å². The Morgan fingerprint density at radius 3 is 3.00 bits per heavy atom. The predicted molar refractivity (Wildman–Crippen MR) is 64.5 cm³/mol. The van der Waals surface area contributed by atoms with Gasteiger partial charge in [-0.15, -0.1) is 0 Å².